The highest BCUT2D eigenvalue weighted by Gasteiger charge is 2.21. The molecular formula is C50H28N6. The summed E-state index contributed by atoms with van der Waals surface area (Å²) in [6, 6.07) is 61.6. The summed E-state index contributed by atoms with van der Waals surface area (Å²) in [4.78, 5) is 5.21. The molecule has 0 atom stereocenters. The molecule has 0 unspecified atom stereocenters. The highest BCUT2D eigenvalue weighted by atomic mass is 15.1. The number of pyridine rings is 1. The number of fused-ring (bicyclic) bond motifs is 6. The van der Waals surface area contributed by atoms with Crippen molar-refractivity contribution in [2.24, 2.45) is 0 Å². The summed E-state index contributed by atoms with van der Waals surface area (Å²) < 4.78 is 4.44. The summed E-state index contributed by atoms with van der Waals surface area (Å²) in [6.45, 7) is 0. The predicted molar refractivity (Wildman–Crippen MR) is 223 cm³/mol. The SMILES string of the molecule is N#Cc1cccc(-c2cc(-n3c4ccccc4c4cc(-c5ccccc5C#N)ccc43)ncc2-n2c3ccccc3c3cc(-c4ccccc4C#N)ccc32)c1. The molecule has 10 rings (SSSR count). The van der Waals surface area contributed by atoms with E-state index in [-0.39, 0.29) is 0 Å². The van der Waals surface area contributed by atoms with Crippen molar-refractivity contribution in [3.05, 3.63) is 187 Å². The van der Waals surface area contributed by atoms with Gasteiger partial charge in [-0.25, -0.2) is 4.98 Å². The summed E-state index contributed by atoms with van der Waals surface area (Å²) in [6.07, 6.45) is 1.94. The molecule has 0 radical (unpaired) electrons. The number of para-hydroxylation sites is 2. The lowest BCUT2D eigenvalue weighted by molar-refractivity contribution is 1.06. The predicted octanol–water partition coefficient (Wildman–Crippen LogP) is 11.9. The van der Waals surface area contributed by atoms with Gasteiger partial charge >= 0.3 is 0 Å². The maximum Gasteiger partial charge on any atom is 0.138 e. The molecule has 6 nitrogen and oxygen atoms in total. The van der Waals surface area contributed by atoms with Crippen LogP contribution in [0.3, 0.4) is 0 Å². The van der Waals surface area contributed by atoms with Gasteiger partial charge in [-0.15, -0.1) is 0 Å². The standard InChI is InChI=1S/C50H28N6/c51-28-32-10-9-13-33(24-32)42-27-50(56-46-19-8-6-17-41(46)44-26-35(21-23-48(44)56)39-15-4-2-12-37(39)30-53)54-31-49(42)55-45-18-7-5-16-40(45)43-25-34(20-22-47(43)55)38-14-3-1-11-36(38)29-52/h1-27,31H. The monoisotopic (exact) mass is 712 g/mol. The van der Waals surface area contributed by atoms with E-state index in [9.17, 15) is 15.8 Å². The zero-order chi connectivity index (χ0) is 37.8. The van der Waals surface area contributed by atoms with Crippen LogP contribution in [-0.4, -0.2) is 14.1 Å². The second-order valence-electron chi connectivity index (χ2n) is 13.7. The number of rotatable bonds is 5. The van der Waals surface area contributed by atoms with Crippen LogP contribution in [0.15, 0.2) is 170 Å². The molecule has 258 valence electrons. The van der Waals surface area contributed by atoms with Gasteiger partial charge in [-0.2, -0.15) is 15.8 Å². The molecule has 0 spiro atoms. The molecule has 0 amide bonds. The van der Waals surface area contributed by atoms with Crippen molar-refractivity contribution in [2.45, 2.75) is 0 Å². The number of hydrogen-bond acceptors (Lipinski definition) is 4. The van der Waals surface area contributed by atoms with Crippen molar-refractivity contribution in [1.82, 2.24) is 14.1 Å². The Morgan fingerprint density at radius 1 is 0.393 bits per heavy atom. The van der Waals surface area contributed by atoms with Crippen LogP contribution in [0.1, 0.15) is 16.7 Å². The van der Waals surface area contributed by atoms with Crippen molar-refractivity contribution in [1.29, 1.82) is 15.8 Å². The third kappa shape index (κ3) is 5.05. The van der Waals surface area contributed by atoms with Crippen LogP contribution in [0, 0.1) is 34.0 Å². The molecule has 0 saturated heterocycles. The zero-order valence-electron chi connectivity index (χ0n) is 29.8. The molecule has 0 N–H and O–H groups in total. The second-order valence-corrected chi connectivity index (χ2v) is 13.7. The van der Waals surface area contributed by atoms with E-state index >= 15 is 0 Å². The van der Waals surface area contributed by atoms with Gasteiger partial charge in [0, 0.05) is 27.1 Å². The molecule has 7 aromatic carbocycles. The van der Waals surface area contributed by atoms with E-state index in [1.54, 1.807) is 0 Å². The Hall–Kier alpha value is -8.24. The smallest absolute Gasteiger partial charge is 0.138 e. The summed E-state index contributed by atoms with van der Waals surface area (Å²) >= 11 is 0. The molecule has 0 bridgehead atoms. The van der Waals surface area contributed by atoms with Crippen molar-refractivity contribution in [2.75, 3.05) is 0 Å². The lowest BCUT2D eigenvalue weighted by Crippen LogP contribution is -2.03. The summed E-state index contributed by atoms with van der Waals surface area (Å²) in [7, 11) is 0. The molecular weight excluding hydrogens is 685 g/mol. The molecule has 0 saturated carbocycles. The maximum atomic E-state index is 9.97. The number of benzene rings is 7. The van der Waals surface area contributed by atoms with E-state index in [4.69, 9.17) is 4.98 Å². The average molecular weight is 713 g/mol. The Kier molecular flexibility index (Phi) is 7.53. The first-order valence-corrected chi connectivity index (χ1v) is 18.2. The summed E-state index contributed by atoms with van der Waals surface area (Å²) in [5.74, 6) is 0.735. The van der Waals surface area contributed by atoms with E-state index in [2.05, 4.69) is 94.1 Å². The normalized spacial score (nSPS) is 11.2. The highest BCUT2D eigenvalue weighted by molar-refractivity contribution is 6.12. The van der Waals surface area contributed by atoms with E-state index in [0.717, 1.165) is 88.5 Å². The minimum atomic E-state index is 0.567. The van der Waals surface area contributed by atoms with Crippen molar-refractivity contribution < 1.29 is 0 Å². The molecule has 3 aromatic heterocycles. The average Bonchev–Trinajstić information content (AvgIpc) is 3.78. The number of nitriles is 3. The molecule has 56 heavy (non-hydrogen) atoms. The first-order chi connectivity index (χ1) is 27.6. The molecule has 0 aliphatic heterocycles. The van der Waals surface area contributed by atoms with Gasteiger partial charge in [0.25, 0.3) is 0 Å². The summed E-state index contributed by atoms with van der Waals surface area (Å²) in [5, 5.41) is 34.0. The van der Waals surface area contributed by atoms with Gasteiger partial charge in [0.1, 0.15) is 5.82 Å². The first kappa shape index (κ1) is 32.4. The van der Waals surface area contributed by atoms with Crippen molar-refractivity contribution >= 4 is 43.6 Å². The zero-order valence-corrected chi connectivity index (χ0v) is 29.8. The lowest BCUT2D eigenvalue weighted by atomic mass is 9.98. The van der Waals surface area contributed by atoms with Gasteiger partial charge in [-0.05, 0) is 94.5 Å². The minimum Gasteiger partial charge on any atom is -0.307 e. The van der Waals surface area contributed by atoms with E-state index in [1.807, 2.05) is 103 Å². The third-order valence-electron chi connectivity index (χ3n) is 10.7. The van der Waals surface area contributed by atoms with E-state index in [1.165, 1.54) is 0 Å². The molecule has 3 heterocycles. The van der Waals surface area contributed by atoms with Gasteiger partial charge in [0.15, 0.2) is 0 Å². The fourth-order valence-corrected chi connectivity index (χ4v) is 8.18. The van der Waals surface area contributed by atoms with E-state index in [0.29, 0.717) is 16.7 Å². The minimum absolute atomic E-state index is 0.567. The van der Waals surface area contributed by atoms with Crippen molar-refractivity contribution in [3.8, 4) is 63.1 Å². The van der Waals surface area contributed by atoms with Crippen LogP contribution in [0.2, 0.25) is 0 Å². The van der Waals surface area contributed by atoms with Crippen LogP contribution in [-0.2, 0) is 0 Å². The Morgan fingerprint density at radius 3 is 1.52 bits per heavy atom. The third-order valence-corrected chi connectivity index (χ3v) is 10.7. The Morgan fingerprint density at radius 2 is 0.911 bits per heavy atom. The first-order valence-electron chi connectivity index (χ1n) is 18.2. The van der Waals surface area contributed by atoms with Gasteiger partial charge in [-0.3, -0.25) is 4.57 Å². The molecule has 6 heteroatoms. The number of aromatic nitrogens is 3. The number of hydrogen-bond donors (Lipinski definition) is 0. The lowest BCUT2D eigenvalue weighted by Gasteiger charge is -2.17. The fraction of sp³-hybridized carbons (Fsp3) is 0. The van der Waals surface area contributed by atoms with Crippen LogP contribution in [0.25, 0.3) is 88.5 Å². The Labute approximate surface area is 322 Å². The summed E-state index contributed by atoms with van der Waals surface area (Å²) in [5.41, 5.74) is 12.2. The van der Waals surface area contributed by atoms with Crippen molar-refractivity contribution in [3.63, 3.8) is 0 Å². The largest absolute Gasteiger partial charge is 0.307 e. The fourth-order valence-electron chi connectivity index (χ4n) is 8.18. The van der Waals surface area contributed by atoms with Gasteiger partial charge in [0.05, 0.1) is 68.8 Å². The van der Waals surface area contributed by atoms with E-state index < -0.39 is 0 Å². The second kappa shape index (κ2) is 13.0. The van der Waals surface area contributed by atoms with Crippen LogP contribution in [0.4, 0.5) is 0 Å². The molecule has 0 aliphatic carbocycles. The van der Waals surface area contributed by atoms with Gasteiger partial charge < -0.3 is 4.57 Å². The quantitative estimate of drug-likeness (QED) is 0.177. The topological polar surface area (TPSA) is 94.1 Å². The molecule has 0 fully saturated rings. The van der Waals surface area contributed by atoms with Gasteiger partial charge in [-0.1, -0.05) is 97.1 Å². The highest BCUT2D eigenvalue weighted by Crippen LogP contribution is 2.41. The van der Waals surface area contributed by atoms with Crippen LogP contribution >= 0.6 is 0 Å². The maximum absolute atomic E-state index is 9.97. The molecule has 0 aliphatic rings. The Balaban J connectivity index is 1.23. The Bertz CT molecular complexity index is 3360. The van der Waals surface area contributed by atoms with Gasteiger partial charge in [0.2, 0.25) is 0 Å². The van der Waals surface area contributed by atoms with Crippen LogP contribution < -0.4 is 0 Å². The number of nitrogens with zero attached hydrogens (tertiary/aromatic N) is 6. The molecule has 10 aromatic rings. The van der Waals surface area contributed by atoms with Crippen LogP contribution in [0.5, 0.6) is 0 Å².